The summed E-state index contributed by atoms with van der Waals surface area (Å²) in [5, 5.41) is 4.23. The van der Waals surface area contributed by atoms with E-state index in [-0.39, 0.29) is 0 Å². The lowest BCUT2D eigenvalue weighted by atomic mass is 9.95. The lowest BCUT2D eigenvalue weighted by Crippen LogP contribution is -2.36. The molecule has 1 aromatic rings. The minimum Gasteiger partial charge on any atom is -0.492 e. The van der Waals surface area contributed by atoms with Gasteiger partial charge in [-0.3, -0.25) is 0 Å². The number of likely N-dealkylation sites (N-methyl/N-ethyl adjacent to an activating group) is 1. The molecule has 1 rings (SSSR count). The molecule has 0 aromatic heterocycles. The van der Waals surface area contributed by atoms with Crippen molar-refractivity contribution in [3.05, 3.63) is 29.3 Å². The van der Waals surface area contributed by atoms with Gasteiger partial charge in [0, 0.05) is 11.1 Å². The largest absolute Gasteiger partial charge is 0.492 e. The Morgan fingerprint density at radius 2 is 1.95 bits per heavy atom. The topological polar surface area (TPSA) is 21.3 Å². The van der Waals surface area contributed by atoms with Gasteiger partial charge in [0.2, 0.25) is 0 Å². The predicted molar refractivity (Wildman–Crippen MR) is 83.1 cm³/mol. The molecule has 1 unspecified atom stereocenters. The maximum Gasteiger partial charge on any atom is 0.120 e. The van der Waals surface area contributed by atoms with Crippen LogP contribution in [0.15, 0.2) is 24.3 Å². The van der Waals surface area contributed by atoms with Crippen molar-refractivity contribution in [1.82, 2.24) is 5.32 Å². The standard InChI is InChI=1S/C16H26ClNO/c1-4-13(5-2)10-15(18-6-3)12-19-16-9-7-8-14(17)11-16/h7-9,11,13,15,18H,4-6,10,12H2,1-3H3. The summed E-state index contributed by atoms with van der Waals surface area (Å²) >= 11 is 5.95. The molecule has 0 aliphatic rings. The third-order valence-corrected chi connectivity index (χ3v) is 3.75. The van der Waals surface area contributed by atoms with Crippen molar-refractivity contribution in [2.45, 2.75) is 46.1 Å². The van der Waals surface area contributed by atoms with E-state index < -0.39 is 0 Å². The summed E-state index contributed by atoms with van der Waals surface area (Å²) in [6.45, 7) is 8.33. The van der Waals surface area contributed by atoms with Crippen LogP contribution in [0, 0.1) is 5.92 Å². The minimum absolute atomic E-state index is 0.411. The second kappa shape index (κ2) is 9.22. The SMILES string of the molecule is CCNC(COc1cccc(Cl)c1)CC(CC)CC. The van der Waals surface area contributed by atoms with Gasteiger partial charge in [-0.1, -0.05) is 51.3 Å². The first-order valence-corrected chi connectivity index (χ1v) is 7.69. The van der Waals surface area contributed by atoms with Gasteiger partial charge in [-0.15, -0.1) is 0 Å². The molecule has 0 radical (unpaired) electrons. The quantitative estimate of drug-likeness (QED) is 0.719. The maximum atomic E-state index is 5.95. The lowest BCUT2D eigenvalue weighted by Gasteiger charge is -2.23. The zero-order chi connectivity index (χ0) is 14.1. The first kappa shape index (κ1) is 16.3. The van der Waals surface area contributed by atoms with Crippen molar-refractivity contribution >= 4 is 11.6 Å². The molecular formula is C16H26ClNO. The molecular weight excluding hydrogens is 258 g/mol. The van der Waals surface area contributed by atoms with Gasteiger partial charge in [0.25, 0.3) is 0 Å². The van der Waals surface area contributed by atoms with Crippen molar-refractivity contribution in [1.29, 1.82) is 0 Å². The molecule has 108 valence electrons. The minimum atomic E-state index is 0.411. The highest BCUT2D eigenvalue weighted by atomic mass is 35.5. The van der Waals surface area contributed by atoms with Gasteiger partial charge in [-0.25, -0.2) is 0 Å². The van der Waals surface area contributed by atoms with Gasteiger partial charge in [-0.2, -0.15) is 0 Å². The fourth-order valence-corrected chi connectivity index (χ4v) is 2.46. The Bertz CT molecular complexity index is 352. The molecule has 1 aromatic carbocycles. The molecule has 0 bridgehead atoms. The highest BCUT2D eigenvalue weighted by Gasteiger charge is 2.14. The summed E-state index contributed by atoms with van der Waals surface area (Å²) in [6.07, 6.45) is 3.63. The summed E-state index contributed by atoms with van der Waals surface area (Å²) in [4.78, 5) is 0. The van der Waals surface area contributed by atoms with Gasteiger partial charge in [0.05, 0.1) is 0 Å². The summed E-state index contributed by atoms with van der Waals surface area (Å²) in [5.74, 6) is 1.62. The van der Waals surface area contributed by atoms with E-state index in [1.165, 1.54) is 19.3 Å². The van der Waals surface area contributed by atoms with E-state index in [9.17, 15) is 0 Å². The number of ether oxygens (including phenoxy) is 1. The van der Waals surface area contributed by atoms with E-state index in [0.29, 0.717) is 12.6 Å². The molecule has 19 heavy (non-hydrogen) atoms. The van der Waals surface area contributed by atoms with E-state index >= 15 is 0 Å². The van der Waals surface area contributed by atoms with E-state index in [0.717, 1.165) is 23.2 Å². The number of hydrogen-bond acceptors (Lipinski definition) is 2. The van der Waals surface area contributed by atoms with Crippen LogP contribution in [0.3, 0.4) is 0 Å². The van der Waals surface area contributed by atoms with Crippen molar-refractivity contribution in [2.24, 2.45) is 5.92 Å². The molecule has 0 spiro atoms. The second-order valence-corrected chi connectivity index (χ2v) is 5.38. The average Bonchev–Trinajstić information content (AvgIpc) is 2.42. The maximum absolute atomic E-state index is 5.95. The van der Waals surface area contributed by atoms with Crippen LogP contribution in [-0.4, -0.2) is 19.2 Å². The number of halogens is 1. The molecule has 0 heterocycles. The lowest BCUT2D eigenvalue weighted by molar-refractivity contribution is 0.236. The zero-order valence-corrected chi connectivity index (χ0v) is 13.0. The normalized spacial score (nSPS) is 12.7. The molecule has 1 N–H and O–H groups in total. The number of nitrogens with one attached hydrogen (secondary N) is 1. The van der Waals surface area contributed by atoms with Crippen molar-refractivity contribution < 1.29 is 4.74 Å². The van der Waals surface area contributed by atoms with Crippen LogP contribution < -0.4 is 10.1 Å². The van der Waals surface area contributed by atoms with Crippen molar-refractivity contribution in [3.63, 3.8) is 0 Å². The third-order valence-electron chi connectivity index (χ3n) is 3.51. The molecule has 1 atom stereocenters. The molecule has 0 aliphatic carbocycles. The van der Waals surface area contributed by atoms with Gasteiger partial charge < -0.3 is 10.1 Å². The van der Waals surface area contributed by atoms with Gasteiger partial charge in [0.15, 0.2) is 0 Å². The van der Waals surface area contributed by atoms with Crippen LogP contribution in [0.4, 0.5) is 0 Å². The van der Waals surface area contributed by atoms with Crippen LogP contribution in [0.2, 0.25) is 5.02 Å². The Kier molecular flexibility index (Phi) is 7.92. The smallest absolute Gasteiger partial charge is 0.120 e. The Labute approximate surface area is 122 Å². The van der Waals surface area contributed by atoms with Gasteiger partial charge in [-0.05, 0) is 37.1 Å². The Balaban J connectivity index is 2.49. The molecule has 2 nitrogen and oxygen atoms in total. The second-order valence-electron chi connectivity index (χ2n) is 4.94. The Morgan fingerprint density at radius 3 is 2.53 bits per heavy atom. The van der Waals surface area contributed by atoms with Gasteiger partial charge >= 0.3 is 0 Å². The van der Waals surface area contributed by atoms with Crippen LogP contribution in [-0.2, 0) is 0 Å². The summed E-state index contributed by atoms with van der Waals surface area (Å²) in [5.41, 5.74) is 0. The number of rotatable bonds is 9. The molecule has 0 amide bonds. The zero-order valence-electron chi connectivity index (χ0n) is 12.3. The van der Waals surface area contributed by atoms with Crippen LogP contribution in [0.25, 0.3) is 0 Å². The van der Waals surface area contributed by atoms with Crippen LogP contribution in [0.1, 0.15) is 40.0 Å². The first-order valence-electron chi connectivity index (χ1n) is 7.31. The molecule has 0 saturated heterocycles. The molecule has 0 aliphatic heterocycles. The van der Waals surface area contributed by atoms with E-state index in [1.807, 2.05) is 24.3 Å². The van der Waals surface area contributed by atoms with E-state index in [1.54, 1.807) is 0 Å². The summed E-state index contributed by atoms with van der Waals surface area (Å²) in [7, 11) is 0. The highest BCUT2D eigenvalue weighted by Crippen LogP contribution is 2.19. The fourth-order valence-electron chi connectivity index (χ4n) is 2.28. The fraction of sp³-hybridized carbons (Fsp3) is 0.625. The van der Waals surface area contributed by atoms with Crippen LogP contribution in [0.5, 0.6) is 5.75 Å². The van der Waals surface area contributed by atoms with Crippen LogP contribution >= 0.6 is 11.6 Å². The van der Waals surface area contributed by atoms with E-state index in [2.05, 4.69) is 26.1 Å². The molecule has 3 heteroatoms. The predicted octanol–water partition coefficient (Wildman–Crippen LogP) is 4.52. The van der Waals surface area contributed by atoms with Crippen molar-refractivity contribution in [3.8, 4) is 5.75 Å². The summed E-state index contributed by atoms with van der Waals surface area (Å²) in [6, 6.07) is 8.00. The molecule has 0 fully saturated rings. The van der Waals surface area contributed by atoms with Gasteiger partial charge in [0.1, 0.15) is 12.4 Å². The highest BCUT2D eigenvalue weighted by molar-refractivity contribution is 6.30. The van der Waals surface area contributed by atoms with Crippen molar-refractivity contribution in [2.75, 3.05) is 13.2 Å². The summed E-state index contributed by atoms with van der Waals surface area (Å²) < 4.78 is 5.84. The Morgan fingerprint density at radius 1 is 1.21 bits per heavy atom. The average molecular weight is 284 g/mol. The number of benzene rings is 1. The third kappa shape index (κ3) is 6.31. The first-order chi connectivity index (χ1) is 9.19. The van der Waals surface area contributed by atoms with E-state index in [4.69, 9.17) is 16.3 Å². The monoisotopic (exact) mass is 283 g/mol. The number of hydrogen-bond donors (Lipinski definition) is 1. The molecule has 0 saturated carbocycles. The Hall–Kier alpha value is -0.730.